The first-order valence-electron chi connectivity index (χ1n) is 7.55. The number of carbonyl (C=O) groups excluding carboxylic acids is 1. The van der Waals surface area contributed by atoms with E-state index >= 15 is 0 Å². The monoisotopic (exact) mass is 411 g/mol. The summed E-state index contributed by atoms with van der Waals surface area (Å²) in [7, 11) is 0. The van der Waals surface area contributed by atoms with Crippen molar-refractivity contribution < 1.29 is 4.79 Å². The summed E-state index contributed by atoms with van der Waals surface area (Å²) in [6, 6.07) is 17.3. The Morgan fingerprint density at radius 2 is 2.00 bits per heavy atom. The number of carbonyl (C=O) groups is 1. The smallest absolute Gasteiger partial charge is 0.234 e. The average Bonchev–Trinajstić information content (AvgIpc) is 2.61. The van der Waals surface area contributed by atoms with Crippen LogP contribution in [0.5, 0.6) is 0 Å². The molecule has 0 atom stereocenters. The molecule has 2 aromatic carbocycles. The third-order valence-corrected chi connectivity index (χ3v) is 5.04. The molecule has 1 N–H and O–H groups in total. The number of hydrogen-bond donors (Lipinski definition) is 1. The fourth-order valence-corrected chi connectivity index (χ4v) is 3.36. The molecule has 0 saturated carbocycles. The lowest BCUT2D eigenvalue weighted by Crippen LogP contribution is -2.14. The Balaban J connectivity index is 1.73. The van der Waals surface area contributed by atoms with Crippen molar-refractivity contribution in [2.45, 2.75) is 11.9 Å². The van der Waals surface area contributed by atoms with E-state index in [1.807, 2.05) is 55.5 Å². The van der Waals surface area contributed by atoms with E-state index in [1.165, 1.54) is 11.8 Å². The standard InChI is InChI=1S/C19H14BrN3OS/c1-12-2-7-17-13(8-12)9-14(10-21)19(23-17)25-11-18(24)22-16-5-3-15(20)4-6-16/h2-9H,11H2,1H3,(H,22,24). The van der Waals surface area contributed by atoms with E-state index in [0.717, 1.165) is 26.6 Å². The van der Waals surface area contributed by atoms with Gasteiger partial charge >= 0.3 is 0 Å². The zero-order valence-electron chi connectivity index (χ0n) is 13.4. The lowest BCUT2D eigenvalue weighted by Gasteiger charge is -2.07. The van der Waals surface area contributed by atoms with E-state index in [1.54, 1.807) is 0 Å². The van der Waals surface area contributed by atoms with Crippen LogP contribution in [-0.2, 0) is 4.79 Å². The normalized spacial score (nSPS) is 10.4. The number of rotatable bonds is 4. The lowest BCUT2D eigenvalue weighted by atomic mass is 10.1. The van der Waals surface area contributed by atoms with Gasteiger partial charge in [0.15, 0.2) is 0 Å². The number of anilines is 1. The highest BCUT2D eigenvalue weighted by Gasteiger charge is 2.10. The summed E-state index contributed by atoms with van der Waals surface area (Å²) in [4.78, 5) is 16.7. The molecule has 0 radical (unpaired) electrons. The van der Waals surface area contributed by atoms with Gasteiger partial charge in [-0.3, -0.25) is 4.79 Å². The van der Waals surface area contributed by atoms with E-state index in [9.17, 15) is 10.1 Å². The van der Waals surface area contributed by atoms with Crippen LogP contribution in [0.25, 0.3) is 10.9 Å². The van der Waals surface area contributed by atoms with Crippen LogP contribution in [0, 0.1) is 18.3 Å². The molecule has 0 spiro atoms. The molecule has 0 unspecified atom stereocenters. The Morgan fingerprint density at radius 3 is 2.72 bits per heavy atom. The first-order chi connectivity index (χ1) is 12.0. The molecule has 25 heavy (non-hydrogen) atoms. The molecule has 1 heterocycles. The van der Waals surface area contributed by atoms with Gasteiger partial charge in [-0.1, -0.05) is 39.3 Å². The van der Waals surface area contributed by atoms with Crippen molar-refractivity contribution in [3.8, 4) is 6.07 Å². The Hall–Kier alpha value is -2.36. The van der Waals surface area contributed by atoms with E-state index < -0.39 is 0 Å². The van der Waals surface area contributed by atoms with Gasteiger partial charge in [0.1, 0.15) is 11.1 Å². The summed E-state index contributed by atoms with van der Waals surface area (Å²) in [6.07, 6.45) is 0. The number of nitriles is 1. The third kappa shape index (κ3) is 4.38. The van der Waals surface area contributed by atoms with Crippen LogP contribution in [0.1, 0.15) is 11.1 Å². The number of aromatic nitrogens is 1. The number of pyridine rings is 1. The van der Waals surface area contributed by atoms with Crippen LogP contribution in [0.3, 0.4) is 0 Å². The molecule has 4 nitrogen and oxygen atoms in total. The number of benzene rings is 2. The average molecular weight is 412 g/mol. The minimum absolute atomic E-state index is 0.137. The predicted molar refractivity (Wildman–Crippen MR) is 105 cm³/mol. The molecule has 6 heteroatoms. The highest BCUT2D eigenvalue weighted by Crippen LogP contribution is 2.25. The Bertz CT molecular complexity index is 980. The number of aryl methyl sites for hydroxylation is 1. The molecule has 0 aliphatic carbocycles. The van der Waals surface area contributed by atoms with Gasteiger partial charge in [0.05, 0.1) is 16.8 Å². The Labute approximate surface area is 158 Å². The van der Waals surface area contributed by atoms with Crippen molar-refractivity contribution >= 4 is 50.2 Å². The summed E-state index contributed by atoms with van der Waals surface area (Å²) in [5.74, 6) is 0.0526. The quantitative estimate of drug-likeness (QED) is 0.619. The van der Waals surface area contributed by atoms with Gasteiger partial charge in [-0.05, 0) is 49.4 Å². The van der Waals surface area contributed by atoms with E-state index in [0.29, 0.717) is 10.6 Å². The highest BCUT2D eigenvalue weighted by atomic mass is 79.9. The maximum Gasteiger partial charge on any atom is 0.234 e. The largest absolute Gasteiger partial charge is 0.325 e. The van der Waals surface area contributed by atoms with Crippen molar-refractivity contribution in [1.82, 2.24) is 4.98 Å². The predicted octanol–water partition coefficient (Wildman–Crippen LogP) is 4.91. The van der Waals surface area contributed by atoms with Crippen LogP contribution < -0.4 is 5.32 Å². The van der Waals surface area contributed by atoms with Crippen molar-refractivity contribution in [2.24, 2.45) is 0 Å². The molecular weight excluding hydrogens is 398 g/mol. The Kier molecular flexibility index (Phi) is 5.37. The van der Waals surface area contributed by atoms with Crippen LogP contribution in [0.15, 0.2) is 58.0 Å². The van der Waals surface area contributed by atoms with Crippen molar-refractivity contribution in [3.05, 3.63) is 64.1 Å². The number of halogens is 1. The first kappa shape index (κ1) is 17.5. The van der Waals surface area contributed by atoms with Gasteiger partial charge in [0, 0.05) is 15.5 Å². The topological polar surface area (TPSA) is 65.8 Å². The molecule has 0 aliphatic heterocycles. The molecule has 0 aliphatic rings. The summed E-state index contributed by atoms with van der Waals surface area (Å²) in [5.41, 5.74) is 3.16. The molecule has 0 bridgehead atoms. The van der Waals surface area contributed by atoms with E-state index in [-0.39, 0.29) is 11.7 Å². The van der Waals surface area contributed by atoms with Crippen LogP contribution in [-0.4, -0.2) is 16.6 Å². The van der Waals surface area contributed by atoms with Crippen molar-refractivity contribution in [1.29, 1.82) is 5.26 Å². The minimum atomic E-state index is -0.137. The zero-order valence-corrected chi connectivity index (χ0v) is 15.8. The highest BCUT2D eigenvalue weighted by molar-refractivity contribution is 9.10. The van der Waals surface area contributed by atoms with Crippen molar-refractivity contribution in [3.63, 3.8) is 0 Å². The van der Waals surface area contributed by atoms with Gasteiger partial charge < -0.3 is 5.32 Å². The molecule has 1 amide bonds. The second-order valence-electron chi connectivity index (χ2n) is 5.49. The zero-order chi connectivity index (χ0) is 17.8. The number of nitrogens with one attached hydrogen (secondary N) is 1. The maximum absolute atomic E-state index is 12.1. The van der Waals surface area contributed by atoms with Crippen LogP contribution in [0.4, 0.5) is 5.69 Å². The number of thioether (sulfide) groups is 1. The Morgan fingerprint density at radius 1 is 1.24 bits per heavy atom. The molecule has 0 saturated heterocycles. The number of amides is 1. The SMILES string of the molecule is Cc1ccc2nc(SCC(=O)Nc3ccc(Br)cc3)c(C#N)cc2c1. The summed E-state index contributed by atoms with van der Waals surface area (Å²) in [6.45, 7) is 2.00. The molecule has 3 aromatic rings. The van der Waals surface area contributed by atoms with Gasteiger partial charge in [-0.25, -0.2) is 4.98 Å². The van der Waals surface area contributed by atoms with E-state index in [2.05, 4.69) is 32.3 Å². The number of hydrogen-bond acceptors (Lipinski definition) is 4. The molecular formula is C19H14BrN3OS. The minimum Gasteiger partial charge on any atom is -0.325 e. The van der Waals surface area contributed by atoms with Gasteiger partial charge in [-0.2, -0.15) is 5.26 Å². The maximum atomic E-state index is 12.1. The second-order valence-corrected chi connectivity index (χ2v) is 7.37. The van der Waals surface area contributed by atoms with E-state index in [4.69, 9.17) is 0 Å². The number of fused-ring (bicyclic) bond motifs is 1. The van der Waals surface area contributed by atoms with Gasteiger partial charge in [-0.15, -0.1) is 0 Å². The van der Waals surface area contributed by atoms with Crippen molar-refractivity contribution in [2.75, 3.05) is 11.1 Å². The number of nitrogens with zero attached hydrogens (tertiary/aromatic N) is 2. The molecule has 0 fully saturated rings. The lowest BCUT2D eigenvalue weighted by molar-refractivity contribution is -0.113. The first-order valence-corrected chi connectivity index (χ1v) is 9.33. The molecule has 1 aromatic heterocycles. The third-order valence-electron chi connectivity index (χ3n) is 3.52. The van der Waals surface area contributed by atoms with Crippen LogP contribution >= 0.6 is 27.7 Å². The molecule has 124 valence electrons. The summed E-state index contributed by atoms with van der Waals surface area (Å²) in [5, 5.41) is 13.7. The summed E-state index contributed by atoms with van der Waals surface area (Å²) >= 11 is 4.62. The van der Waals surface area contributed by atoms with Gasteiger partial charge in [0.2, 0.25) is 5.91 Å². The summed E-state index contributed by atoms with van der Waals surface area (Å²) < 4.78 is 0.953. The van der Waals surface area contributed by atoms with Gasteiger partial charge in [0.25, 0.3) is 0 Å². The fraction of sp³-hybridized carbons (Fsp3) is 0.105. The molecule has 3 rings (SSSR count). The van der Waals surface area contributed by atoms with Crippen LogP contribution in [0.2, 0.25) is 0 Å². The fourth-order valence-electron chi connectivity index (χ4n) is 2.33. The second kappa shape index (κ2) is 7.68.